The van der Waals surface area contributed by atoms with Gasteiger partial charge in [-0.05, 0) is 72.1 Å². The Morgan fingerprint density at radius 2 is 1.76 bits per heavy atom. The number of alkyl halides is 4. The predicted octanol–water partition coefficient (Wildman–Crippen LogP) is 8.11. The quantitative estimate of drug-likeness (QED) is 0.0819. The second-order valence-corrected chi connectivity index (χ2v) is 15.7. The largest absolute Gasteiger partial charge is 0.392 e. The number of aliphatic hydroxyl groups excluding tert-OH is 1. The van der Waals surface area contributed by atoms with Crippen molar-refractivity contribution in [1.29, 1.82) is 0 Å². The summed E-state index contributed by atoms with van der Waals surface area (Å²) in [6.45, 7) is -0.384. The Balaban J connectivity index is 1.36. The summed E-state index contributed by atoms with van der Waals surface area (Å²) < 4.78 is 109. The van der Waals surface area contributed by atoms with Crippen LogP contribution in [0.5, 0.6) is 0 Å². The minimum atomic E-state index is -3.62. The van der Waals surface area contributed by atoms with Crippen LogP contribution in [0.3, 0.4) is 0 Å². The molecule has 4 heterocycles. The molecule has 1 unspecified atom stereocenters. The Hall–Kier alpha value is -5.99. The maximum Gasteiger partial charge on any atom is 0.292 e. The maximum atomic E-state index is 15.5. The van der Waals surface area contributed by atoms with Gasteiger partial charge in [-0.2, -0.15) is 19.0 Å². The molecule has 0 saturated heterocycles. The van der Waals surface area contributed by atoms with Crippen LogP contribution >= 0.6 is 23.5 Å². The van der Waals surface area contributed by atoms with Crippen molar-refractivity contribution in [3.8, 4) is 16.9 Å². The van der Waals surface area contributed by atoms with Crippen LogP contribution in [0.25, 0.3) is 38.9 Å². The van der Waals surface area contributed by atoms with E-state index < -0.39 is 90.6 Å². The molecule has 4 aromatic heterocycles. The fourth-order valence-corrected chi connectivity index (χ4v) is 8.53. The number of halogens is 8. The lowest BCUT2D eigenvalue weighted by Gasteiger charge is -2.24. The number of carbonyl (C=O) groups is 1. The molecule has 3 aromatic carbocycles. The lowest BCUT2D eigenvalue weighted by atomic mass is 10.0. The van der Waals surface area contributed by atoms with E-state index in [9.17, 15) is 36.6 Å². The number of anilines is 1. The van der Waals surface area contributed by atoms with Gasteiger partial charge in [0.1, 0.15) is 41.2 Å². The molecule has 2 atom stereocenters. The molecule has 0 aliphatic heterocycles. The van der Waals surface area contributed by atoms with Crippen molar-refractivity contribution < 1.29 is 40.6 Å². The molecule has 1 aliphatic rings. The number of rotatable bonds is 12. The molecule has 0 spiro atoms. The Kier molecular flexibility index (Phi) is 11.3. The number of benzene rings is 3. The summed E-state index contributed by atoms with van der Waals surface area (Å²) >= 11 is 7.91. The topological polar surface area (TPSA) is 145 Å². The molecular weight excluding hydrogens is 867 g/mol. The summed E-state index contributed by atoms with van der Waals surface area (Å²) in [4.78, 5) is 38.5. The molecule has 12 nitrogen and oxygen atoms in total. The van der Waals surface area contributed by atoms with Gasteiger partial charge < -0.3 is 15.1 Å². The summed E-state index contributed by atoms with van der Waals surface area (Å²) in [6, 6.07) is 10.5. The Labute approximate surface area is 355 Å². The molecule has 0 saturated carbocycles. The Morgan fingerprint density at radius 3 is 2.45 bits per heavy atom. The SMILES string of the molecule is CSNc1nn(C)c2c(-n3c(C(Cc4cc(F)cc(F)c4)NC(=O)Cn4nc(C(F)F)c5c4C(F)(F)[C@@H](C)C5)nc4nc(-c5ccc(F)cc5CO)ccc4c3=O)ccc(Cl)c12. The standard InChI is InChI=1S/C41H33ClF7N9O3S/c1-18-10-26-33(36(46)47)53-57(35(26)41(18,48)49)16-31(60)50-29(13-19-11-22(44)15-23(45)12-19)39-52-37-25(6-8-28(51-37)24-5-4-21(43)14-20(24)17-59)40(61)58(39)30-9-7-27(42)32-34(30)56(2)54-38(32)55-62-3/h4-9,11-12,14-15,18,29,36,59H,10,13,16-17H2,1-3H3,(H,50,60)(H,54,55)/t18-,29?/m0/s1. The monoisotopic (exact) mass is 899 g/mol. The second kappa shape index (κ2) is 16.4. The van der Waals surface area contributed by atoms with Gasteiger partial charge in [0.2, 0.25) is 5.91 Å². The van der Waals surface area contributed by atoms with Crippen LogP contribution in [0.1, 0.15) is 53.3 Å². The lowest BCUT2D eigenvalue weighted by Crippen LogP contribution is -2.38. The first-order valence-electron chi connectivity index (χ1n) is 18.8. The number of aryl methyl sites for hydroxylation is 1. The van der Waals surface area contributed by atoms with E-state index in [4.69, 9.17) is 16.6 Å². The highest BCUT2D eigenvalue weighted by atomic mass is 35.5. The van der Waals surface area contributed by atoms with Crippen molar-refractivity contribution >= 4 is 57.2 Å². The summed E-state index contributed by atoms with van der Waals surface area (Å²) in [7, 11) is 1.59. The third kappa shape index (κ3) is 7.53. The van der Waals surface area contributed by atoms with Crippen molar-refractivity contribution in [3.63, 3.8) is 0 Å². The zero-order chi connectivity index (χ0) is 44.4. The van der Waals surface area contributed by atoms with Gasteiger partial charge in [-0.15, -0.1) is 0 Å². The second-order valence-electron chi connectivity index (χ2n) is 14.7. The number of fused-ring (bicyclic) bond motifs is 3. The fourth-order valence-electron chi connectivity index (χ4n) is 7.95. The number of amides is 1. The van der Waals surface area contributed by atoms with Crippen molar-refractivity contribution in [2.75, 3.05) is 11.0 Å². The third-order valence-electron chi connectivity index (χ3n) is 10.7. The Bertz CT molecular complexity index is 2980. The Morgan fingerprint density at radius 1 is 1.02 bits per heavy atom. The number of aliphatic hydroxyl groups is 1. The van der Waals surface area contributed by atoms with Crippen LogP contribution in [-0.2, 0) is 43.8 Å². The molecule has 8 rings (SSSR count). The number of hydrogen-bond acceptors (Lipinski definition) is 9. The molecule has 322 valence electrons. The van der Waals surface area contributed by atoms with Crippen LogP contribution in [-0.4, -0.2) is 51.4 Å². The average Bonchev–Trinajstić information content (AvgIpc) is 3.82. The highest BCUT2D eigenvalue weighted by Gasteiger charge is 2.51. The molecule has 62 heavy (non-hydrogen) atoms. The zero-order valence-electron chi connectivity index (χ0n) is 32.7. The van der Waals surface area contributed by atoms with Crippen LogP contribution in [0.2, 0.25) is 5.02 Å². The number of nitrogens with one attached hydrogen (secondary N) is 2. The molecular formula is C41H33ClF7N9O3S. The zero-order valence-corrected chi connectivity index (χ0v) is 34.2. The maximum absolute atomic E-state index is 15.5. The van der Waals surface area contributed by atoms with Gasteiger partial charge in [0.15, 0.2) is 11.5 Å². The molecule has 1 amide bonds. The highest BCUT2D eigenvalue weighted by Crippen LogP contribution is 2.48. The van der Waals surface area contributed by atoms with Crippen molar-refractivity contribution in [2.45, 2.75) is 51.3 Å². The minimum absolute atomic E-state index is 0.0390. The lowest BCUT2D eigenvalue weighted by molar-refractivity contribution is -0.123. The minimum Gasteiger partial charge on any atom is -0.392 e. The van der Waals surface area contributed by atoms with E-state index in [2.05, 4.69) is 25.2 Å². The predicted molar refractivity (Wildman–Crippen MR) is 218 cm³/mol. The number of nitrogens with zero attached hydrogens (tertiary/aromatic N) is 7. The van der Waals surface area contributed by atoms with E-state index in [0.29, 0.717) is 33.0 Å². The average molecular weight is 900 g/mol. The number of carbonyl (C=O) groups excluding carboxylic acids is 1. The van der Waals surface area contributed by atoms with E-state index in [0.717, 1.165) is 28.8 Å². The molecule has 1 aliphatic carbocycles. The summed E-state index contributed by atoms with van der Waals surface area (Å²) in [5.74, 6) is -8.60. The molecule has 0 bridgehead atoms. The first kappa shape index (κ1) is 42.7. The van der Waals surface area contributed by atoms with Gasteiger partial charge in [0, 0.05) is 42.8 Å². The van der Waals surface area contributed by atoms with E-state index in [1.807, 2.05) is 0 Å². The van der Waals surface area contributed by atoms with Crippen LogP contribution in [0.4, 0.5) is 36.6 Å². The number of hydrogen-bond donors (Lipinski definition) is 3. The normalized spacial score (nSPS) is 15.1. The van der Waals surface area contributed by atoms with E-state index in [-0.39, 0.29) is 50.0 Å². The van der Waals surface area contributed by atoms with E-state index >= 15 is 8.78 Å². The summed E-state index contributed by atoms with van der Waals surface area (Å²) in [6.07, 6.45) is -2.36. The highest BCUT2D eigenvalue weighted by molar-refractivity contribution is 7.99. The van der Waals surface area contributed by atoms with E-state index in [1.54, 1.807) is 13.3 Å². The van der Waals surface area contributed by atoms with Gasteiger partial charge in [-0.3, -0.25) is 23.5 Å². The van der Waals surface area contributed by atoms with E-state index in [1.165, 1.54) is 53.9 Å². The van der Waals surface area contributed by atoms with Gasteiger partial charge in [-0.25, -0.2) is 31.9 Å². The van der Waals surface area contributed by atoms with Crippen LogP contribution in [0, 0.1) is 23.4 Å². The van der Waals surface area contributed by atoms with Crippen LogP contribution in [0.15, 0.2) is 65.5 Å². The number of aromatic nitrogens is 7. The van der Waals surface area contributed by atoms with Gasteiger partial charge >= 0.3 is 0 Å². The molecule has 3 N–H and O–H groups in total. The molecule has 21 heteroatoms. The molecule has 0 fully saturated rings. The van der Waals surface area contributed by atoms with Gasteiger partial charge in [-0.1, -0.05) is 30.5 Å². The van der Waals surface area contributed by atoms with Crippen molar-refractivity contribution in [3.05, 3.63) is 127 Å². The van der Waals surface area contributed by atoms with Crippen molar-refractivity contribution in [2.24, 2.45) is 13.0 Å². The first-order chi connectivity index (χ1) is 29.5. The summed E-state index contributed by atoms with van der Waals surface area (Å²) in [5.41, 5.74) is -2.06. The first-order valence-corrected chi connectivity index (χ1v) is 20.4. The molecule has 7 aromatic rings. The van der Waals surface area contributed by atoms with Crippen molar-refractivity contribution in [1.82, 2.24) is 39.4 Å². The summed E-state index contributed by atoms with van der Waals surface area (Å²) in [5, 5.41) is 21.5. The van der Waals surface area contributed by atoms with Crippen LogP contribution < -0.4 is 15.6 Å². The van der Waals surface area contributed by atoms with Gasteiger partial charge in [0.05, 0.1) is 45.3 Å². The third-order valence-corrected chi connectivity index (χ3v) is 11.4. The fraction of sp³-hybridized carbons (Fsp3) is 0.268. The molecule has 0 radical (unpaired) electrons. The van der Waals surface area contributed by atoms with Gasteiger partial charge in [0.25, 0.3) is 17.9 Å². The number of pyridine rings is 1. The smallest absolute Gasteiger partial charge is 0.292 e.